The van der Waals surface area contributed by atoms with Crippen molar-refractivity contribution in [2.24, 2.45) is 13.0 Å². The highest BCUT2D eigenvalue weighted by atomic mass is 16.5. The van der Waals surface area contributed by atoms with Crippen molar-refractivity contribution in [3.63, 3.8) is 0 Å². The van der Waals surface area contributed by atoms with Crippen LogP contribution in [0.15, 0.2) is 42.7 Å². The van der Waals surface area contributed by atoms with E-state index in [-0.39, 0.29) is 17.8 Å². The zero-order valence-electron chi connectivity index (χ0n) is 15.9. The summed E-state index contributed by atoms with van der Waals surface area (Å²) < 4.78 is 7.40. The van der Waals surface area contributed by atoms with Crippen molar-refractivity contribution in [3.05, 3.63) is 59.7 Å². The number of carbonyl (C=O) groups is 1. The Bertz CT molecular complexity index is 920. The maximum atomic E-state index is 12.5. The number of nitrogens with one attached hydrogen (secondary N) is 1. The van der Waals surface area contributed by atoms with Crippen LogP contribution in [0.2, 0.25) is 0 Å². The first-order valence-corrected chi connectivity index (χ1v) is 8.79. The molecule has 0 spiro atoms. The number of aryl methyl sites for hydroxylation is 2. The van der Waals surface area contributed by atoms with Gasteiger partial charge >= 0.3 is 6.01 Å². The third-order valence-electron chi connectivity index (χ3n) is 4.49. The fraction of sp³-hybridized carbons (Fsp3) is 0.300. The summed E-state index contributed by atoms with van der Waals surface area (Å²) in [6.45, 7) is 5.92. The zero-order valence-corrected chi connectivity index (χ0v) is 15.9. The number of ether oxygens (including phenoxy) is 1. The van der Waals surface area contributed by atoms with Crippen molar-refractivity contribution < 1.29 is 9.53 Å². The first-order chi connectivity index (χ1) is 12.9. The second kappa shape index (κ2) is 7.99. The van der Waals surface area contributed by atoms with Gasteiger partial charge < -0.3 is 10.1 Å². The maximum Gasteiger partial charge on any atom is 0.321 e. The Labute approximate surface area is 158 Å². The standard InChI is InChI=1S/C20H23N5O2/c1-13(12-18-14(2)24-25(4)15(18)3)19(26)23-16-6-8-17(9-7-16)27-20-21-10-5-11-22-20/h5-11,13H,12H2,1-4H3,(H,23,26). The van der Waals surface area contributed by atoms with E-state index in [1.807, 2.05) is 32.5 Å². The van der Waals surface area contributed by atoms with E-state index in [0.29, 0.717) is 17.9 Å². The number of anilines is 1. The van der Waals surface area contributed by atoms with Gasteiger partial charge in [0.2, 0.25) is 5.91 Å². The van der Waals surface area contributed by atoms with Crippen molar-refractivity contribution >= 4 is 11.6 Å². The summed E-state index contributed by atoms with van der Waals surface area (Å²) in [7, 11) is 1.92. The number of hydrogen-bond acceptors (Lipinski definition) is 5. The molecule has 0 radical (unpaired) electrons. The predicted molar refractivity (Wildman–Crippen MR) is 103 cm³/mol. The number of rotatable bonds is 6. The molecule has 2 aromatic heterocycles. The molecule has 0 aliphatic heterocycles. The molecule has 3 aromatic rings. The fourth-order valence-corrected chi connectivity index (χ4v) is 2.83. The van der Waals surface area contributed by atoms with Crippen LogP contribution >= 0.6 is 0 Å². The minimum atomic E-state index is -0.166. The van der Waals surface area contributed by atoms with E-state index in [2.05, 4.69) is 20.4 Å². The predicted octanol–water partition coefficient (Wildman–Crippen LogP) is 3.44. The number of hydrogen-bond donors (Lipinski definition) is 1. The lowest BCUT2D eigenvalue weighted by atomic mass is 9.99. The molecule has 1 N–H and O–H groups in total. The molecule has 140 valence electrons. The molecule has 0 aliphatic carbocycles. The molecule has 3 rings (SSSR count). The van der Waals surface area contributed by atoms with E-state index in [1.54, 1.807) is 42.7 Å². The van der Waals surface area contributed by atoms with Crippen molar-refractivity contribution in [2.45, 2.75) is 27.2 Å². The summed E-state index contributed by atoms with van der Waals surface area (Å²) in [5.74, 6) is 0.409. The van der Waals surface area contributed by atoms with Crippen LogP contribution in [0.1, 0.15) is 23.9 Å². The van der Waals surface area contributed by atoms with E-state index in [0.717, 1.165) is 17.0 Å². The Kier molecular flexibility index (Phi) is 5.49. The summed E-state index contributed by atoms with van der Waals surface area (Å²) in [5, 5.41) is 7.36. The number of aromatic nitrogens is 4. The third-order valence-corrected chi connectivity index (χ3v) is 4.49. The number of benzene rings is 1. The van der Waals surface area contributed by atoms with Crippen LogP contribution < -0.4 is 10.1 Å². The van der Waals surface area contributed by atoms with Crippen molar-refractivity contribution in [3.8, 4) is 11.8 Å². The maximum absolute atomic E-state index is 12.5. The highest BCUT2D eigenvalue weighted by Gasteiger charge is 2.18. The Morgan fingerprint density at radius 1 is 1.19 bits per heavy atom. The van der Waals surface area contributed by atoms with Crippen LogP contribution in [0.3, 0.4) is 0 Å². The quantitative estimate of drug-likeness (QED) is 0.724. The molecule has 7 heteroatoms. The van der Waals surface area contributed by atoms with E-state index in [1.165, 1.54) is 0 Å². The van der Waals surface area contributed by atoms with Gasteiger partial charge in [0.1, 0.15) is 5.75 Å². The number of carbonyl (C=O) groups excluding carboxylic acids is 1. The lowest BCUT2D eigenvalue weighted by Gasteiger charge is -2.13. The Hall–Kier alpha value is -3.22. The molecule has 0 bridgehead atoms. The smallest absolute Gasteiger partial charge is 0.321 e. The molecule has 1 aromatic carbocycles. The minimum absolute atomic E-state index is 0.0299. The molecular formula is C20H23N5O2. The molecule has 7 nitrogen and oxygen atoms in total. The Balaban J connectivity index is 1.60. The summed E-state index contributed by atoms with van der Waals surface area (Å²) in [5.41, 5.74) is 3.91. The van der Waals surface area contributed by atoms with Gasteiger partial charge in [-0.05, 0) is 56.2 Å². The van der Waals surface area contributed by atoms with Gasteiger partial charge in [0.25, 0.3) is 0 Å². The van der Waals surface area contributed by atoms with Crippen LogP contribution in [-0.4, -0.2) is 25.7 Å². The minimum Gasteiger partial charge on any atom is -0.424 e. The van der Waals surface area contributed by atoms with E-state index in [4.69, 9.17) is 4.74 Å². The lowest BCUT2D eigenvalue weighted by Crippen LogP contribution is -2.22. The SMILES string of the molecule is Cc1nn(C)c(C)c1CC(C)C(=O)Nc1ccc(Oc2ncccn2)cc1. The molecule has 0 fully saturated rings. The van der Waals surface area contributed by atoms with E-state index in [9.17, 15) is 4.79 Å². The first-order valence-electron chi connectivity index (χ1n) is 8.79. The molecule has 0 aliphatic rings. The average Bonchev–Trinajstić information content (AvgIpc) is 2.90. The van der Waals surface area contributed by atoms with Gasteiger partial charge in [-0.25, -0.2) is 9.97 Å². The van der Waals surface area contributed by atoms with Crippen LogP contribution in [0.4, 0.5) is 5.69 Å². The summed E-state index contributed by atoms with van der Waals surface area (Å²) in [6, 6.07) is 9.14. The largest absolute Gasteiger partial charge is 0.424 e. The van der Waals surface area contributed by atoms with Gasteiger partial charge in [0.05, 0.1) is 5.69 Å². The lowest BCUT2D eigenvalue weighted by molar-refractivity contribution is -0.119. The van der Waals surface area contributed by atoms with Crippen molar-refractivity contribution in [1.29, 1.82) is 0 Å². The fourth-order valence-electron chi connectivity index (χ4n) is 2.83. The second-order valence-corrected chi connectivity index (χ2v) is 6.53. The molecule has 0 saturated carbocycles. The monoisotopic (exact) mass is 365 g/mol. The van der Waals surface area contributed by atoms with Crippen LogP contribution in [-0.2, 0) is 18.3 Å². The summed E-state index contributed by atoms with van der Waals surface area (Å²) >= 11 is 0. The Morgan fingerprint density at radius 3 is 2.44 bits per heavy atom. The molecule has 27 heavy (non-hydrogen) atoms. The van der Waals surface area contributed by atoms with Crippen molar-refractivity contribution in [2.75, 3.05) is 5.32 Å². The van der Waals surface area contributed by atoms with E-state index >= 15 is 0 Å². The molecule has 1 unspecified atom stereocenters. The van der Waals surface area contributed by atoms with Crippen molar-refractivity contribution in [1.82, 2.24) is 19.7 Å². The van der Waals surface area contributed by atoms with Crippen LogP contribution in [0.5, 0.6) is 11.8 Å². The first kappa shape index (κ1) is 18.6. The van der Waals surface area contributed by atoms with Crippen LogP contribution in [0, 0.1) is 19.8 Å². The highest BCUT2D eigenvalue weighted by Crippen LogP contribution is 2.21. The van der Waals surface area contributed by atoms with Gasteiger partial charge in [-0.1, -0.05) is 6.92 Å². The molecule has 2 heterocycles. The normalized spacial score (nSPS) is 11.9. The zero-order chi connectivity index (χ0) is 19.4. The van der Waals surface area contributed by atoms with Gasteiger partial charge in [-0.3, -0.25) is 9.48 Å². The highest BCUT2D eigenvalue weighted by molar-refractivity contribution is 5.92. The van der Waals surface area contributed by atoms with E-state index < -0.39 is 0 Å². The second-order valence-electron chi connectivity index (χ2n) is 6.53. The molecule has 0 saturated heterocycles. The van der Waals surface area contributed by atoms with Gasteiger partial charge in [0, 0.05) is 36.7 Å². The molecular weight excluding hydrogens is 342 g/mol. The number of amides is 1. The number of nitrogens with zero attached hydrogens (tertiary/aromatic N) is 4. The Morgan fingerprint density at radius 2 is 1.85 bits per heavy atom. The van der Waals surface area contributed by atoms with Gasteiger partial charge in [-0.2, -0.15) is 5.10 Å². The molecule has 1 amide bonds. The van der Waals surface area contributed by atoms with Gasteiger partial charge in [0.15, 0.2) is 0 Å². The summed E-state index contributed by atoms with van der Waals surface area (Å²) in [4.78, 5) is 20.6. The summed E-state index contributed by atoms with van der Waals surface area (Å²) in [6.07, 6.45) is 3.89. The average molecular weight is 365 g/mol. The van der Waals surface area contributed by atoms with Crippen LogP contribution in [0.25, 0.3) is 0 Å². The third kappa shape index (κ3) is 4.49. The molecule has 1 atom stereocenters. The topological polar surface area (TPSA) is 81.9 Å². The van der Waals surface area contributed by atoms with Gasteiger partial charge in [-0.15, -0.1) is 0 Å².